The molecule has 0 saturated carbocycles. The number of hydrogen-bond acceptors (Lipinski definition) is 6. The molecule has 3 heterocycles. The Hall–Kier alpha value is -3.71. The normalized spacial score (nSPS) is 18.1. The van der Waals surface area contributed by atoms with Crippen LogP contribution < -0.4 is 4.74 Å². The molecule has 7 heteroatoms. The topological polar surface area (TPSA) is 71.7 Å². The lowest BCUT2D eigenvalue weighted by molar-refractivity contribution is 0.0686. The van der Waals surface area contributed by atoms with Gasteiger partial charge in [-0.3, -0.25) is 4.79 Å². The van der Waals surface area contributed by atoms with Crippen LogP contribution >= 0.6 is 0 Å². The number of aromatic nitrogens is 2. The molecule has 37 heavy (non-hydrogen) atoms. The largest absolute Gasteiger partial charge is 0.491 e. The Kier molecular flexibility index (Phi) is 7.80. The summed E-state index contributed by atoms with van der Waals surface area (Å²) in [5.41, 5.74) is 4.18. The van der Waals surface area contributed by atoms with E-state index in [9.17, 15) is 4.79 Å². The SMILES string of the molecule is Cc1ccc2c(c1)CN(C)CCC(c1ccccc1)CCCN(C(=O)c1onc3ncccc13)CCO2. The molecule has 2 aromatic carbocycles. The van der Waals surface area contributed by atoms with Gasteiger partial charge >= 0.3 is 0 Å². The van der Waals surface area contributed by atoms with Crippen molar-refractivity contribution in [1.29, 1.82) is 0 Å². The second-order valence-electron chi connectivity index (χ2n) is 9.91. The van der Waals surface area contributed by atoms with Gasteiger partial charge in [0.05, 0.1) is 11.9 Å². The molecule has 0 N–H and O–H groups in total. The van der Waals surface area contributed by atoms with Gasteiger partial charge in [0.2, 0.25) is 11.4 Å². The van der Waals surface area contributed by atoms with Crippen LogP contribution in [-0.2, 0) is 6.54 Å². The minimum Gasteiger partial charge on any atom is -0.491 e. The molecule has 1 aliphatic heterocycles. The third-order valence-electron chi connectivity index (χ3n) is 7.12. The summed E-state index contributed by atoms with van der Waals surface area (Å²) < 4.78 is 11.7. The van der Waals surface area contributed by atoms with Crippen molar-refractivity contribution in [3.05, 3.63) is 89.3 Å². The summed E-state index contributed by atoms with van der Waals surface area (Å²) in [6.07, 6.45) is 4.58. The summed E-state index contributed by atoms with van der Waals surface area (Å²) in [6, 6.07) is 20.7. The number of fused-ring (bicyclic) bond motifs is 2. The van der Waals surface area contributed by atoms with Crippen molar-refractivity contribution in [2.45, 2.75) is 38.6 Å². The fourth-order valence-corrected chi connectivity index (χ4v) is 5.11. The second-order valence-corrected chi connectivity index (χ2v) is 9.91. The zero-order valence-corrected chi connectivity index (χ0v) is 21.6. The van der Waals surface area contributed by atoms with E-state index < -0.39 is 0 Å². The first kappa shape index (κ1) is 25.0. The van der Waals surface area contributed by atoms with Crippen molar-refractivity contribution >= 4 is 16.9 Å². The third-order valence-corrected chi connectivity index (χ3v) is 7.12. The minimum absolute atomic E-state index is 0.175. The molecule has 192 valence electrons. The Morgan fingerprint density at radius 3 is 2.73 bits per heavy atom. The van der Waals surface area contributed by atoms with Gasteiger partial charge < -0.3 is 19.1 Å². The molecule has 1 aliphatic rings. The molecule has 1 atom stereocenters. The Bertz CT molecular complexity index is 1340. The average Bonchev–Trinajstić information content (AvgIpc) is 3.34. The van der Waals surface area contributed by atoms with E-state index in [1.54, 1.807) is 12.3 Å². The van der Waals surface area contributed by atoms with Crippen LogP contribution in [0.15, 0.2) is 71.4 Å². The van der Waals surface area contributed by atoms with Gasteiger partial charge in [-0.05, 0) is 69.5 Å². The molecule has 0 saturated heterocycles. The Labute approximate surface area is 218 Å². The van der Waals surface area contributed by atoms with E-state index in [1.807, 2.05) is 17.0 Å². The number of amides is 1. The Balaban J connectivity index is 1.41. The lowest BCUT2D eigenvalue weighted by Crippen LogP contribution is -2.36. The summed E-state index contributed by atoms with van der Waals surface area (Å²) in [4.78, 5) is 22.0. The van der Waals surface area contributed by atoms with E-state index in [-0.39, 0.29) is 11.7 Å². The summed E-state index contributed by atoms with van der Waals surface area (Å²) in [5.74, 6) is 1.36. The first-order valence-electron chi connectivity index (χ1n) is 13.0. The molecule has 4 aromatic rings. The highest BCUT2D eigenvalue weighted by molar-refractivity contribution is 6.02. The number of pyridine rings is 1. The predicted molar refractivity (Wildman–Crippen MR) is 144 cm³/mol. The van der Waals surface area contributed by atoms with Gasteiger partial charge in [0.1, 0.15) is 12.4 Å². The number of aryl methyl sites for hydroxylation is 1. The lowest BCUT2D eigenvalue weighted by Gasteiger charge is -2.27. The van der Waals surface area contributed by atoms with Crippen LogP contribution in [0.25, 0.3) is 11.0 Å². The smallest absolute Gasteiger partial charge is 0.293 e. The van der Waals surface area contributed by atoms with Crippen LogP contribution in [-0.4, -0.2) is 59.1 Å². The maximum Gasteiger partial charge on any atom is 0.293 e. The van der Waals surface area contributed by atoms with Gasteiger partial charge in [0.25, 0.3) is 5.91 Å². The highest BCUT2D eigenvalue weighted by atomic mass is 16.5. The monoisotopic (exact) mass is 498 g/mol. The van der Waals surface area contributed by atoms with E-state index >= 15 is 0 Å². The van der Waals surface area contributed by atoms with Crippen molar-refractivity contribution in [3.63, 3.8) is 0 Å². The molecule has 1 amide bonds. The third kappa shape index (κ3) is 6.00. The first-order valence-corrected chi connectivity index (χ1v) is 13.0. The van der Waals surface area contributed by atoms with E-state index in [1.165, 1.54) is 16.7 Å². The standard InChI is InChI=1S/C30H34N4O3/c1-22-12-13-27-25(20-22)21-33(2)17-14-24(23-8-4-3-5-9-23)10-7-16-34(18-19-36-27)30(35)28-26-11-6-15-31-29(26)32-37-28/h3-6,8-9,11-13,15,20,24H,7,10,14,16-19,21H2,1-2H3. The molecule has 0 bridgehead atoms. The molecule has 7 nitrogen and oxygen atoms in total. The Morgan fingerprint density at radius 1 is 1.00 bits per heavy atom. The van der Waals surface area contributed by atoms with Gasteiger partial charge in [-0.15, -0.1) is 0 Å². The van der Waals surface area contributed by atoms with E-state index in [2.05, 4.69) is 71.5 Å². The minimum atomic E-state index is -0.175. The maximum absolute atomic E-state index is 13.6. The van der Waals surface area contributed by atoms with Crippen molar-refractivity contribution in [2.75, 3.05) is 33.3 Å². The number of rotatable bonds is 2. The molecule has 1 unspecified atom stereocenters. The van der Waals surface area contributed by atoms with Crippen molar-refractivity contribution in [1.82, 2.24) is 19.9 Å². The summed E-state index contributed by atoms with van der Waals surface area (Å²) in [7, 11) is 2.18. The first-order chi connectivity index (χ1) is 18.1. The van der Waals surface area contributed by atoms with Gasteiger partial charge in [-0.2, -0.15) is 0 Å². The van der Waals surface area contributed by atoms with Crippen molar-refractivity contribution in [3.8, 4) is 5.75 Å². The fraction of sp³-hybridized carbons (Fsp3) is 0.367. The van der Waals surface area contributed by atoms with Crippen LogP contribution in [0.1, 0.15) is 52.4 Å². The van der Waals surface area contributed by atoms with Gasteiger partial charge in [0, 0.05) is 24.8 Å². The second kappa shape index (κ2) is 11.6. The average molecular weight is 499 g/mol. The van der Waals surface area contributed by atoms with Gasteiger partial charge in [0.15, 0.2) is 0 Å². The van der Waals surface area contributed by atoms with Crippen LogP contribution in [0, 0.1) is 6.92 Å². The van der Waals surface area contributed by atoms with E-state index in [4.69, 9.17) is 9.26 Å². The quantitative estimate of drug-likeness (QED) is 0.366. The van der Waals surface area contributed by atoms with Crippen molar-refractivity contribution in [2.24, 2.45) is 0 Å². The maximum atomic E-state index is 13.6. The zero-order chi connectivity index (χ0) is 25.6. The number of carbonyl (C=O) groups excluding carboxylic acids is 1. The Morgan fingerprint density at radius 2 is 1.86 bits per heavy atom. The highest BCUT2D eigenvalue weighted by Crippen LogP contribution is 2.28. The molecule has 0 radical (unpaired) electrons. The van der Waals surface area contributed by atoms with Crippen LogP contribution in [0.3, 0.4) is 0 Å². The highest BCUT2D eigenvalue weighted by Gasteiger charge is 2.24. The van der Waals surface area contributed by atoms with Crippen LogP contribution in [0.5, 0.6) is 5.75 Å². The summed E-state index contributed by atoms with van der Waals surface area (Å²) >= 11 is 0. The van der Waals surface area contributed by atoms with Gasteiger partial charge in [-0.25, -0.2) is 4.98 Å². The molecule has 2 aromatic heterocycles. The molecule has 5 rings (SSSR count). The molecule has 0 spiro atoms. The molecule has 0 fully saturated rings. The van der Waals surface area contributed by atoms with E-state index in [0.29, 0.717) is 36.6 Å². The summed E-state index contributed by atoms with van der Waals surface area (Å²) in [6.45, 7) is 5.38. The van der Waals surface area contributed by atoms with E-state index in [0.717, 1.165) is 38.1 Å². The van der Waals surface area contributed by atoms with Crippen molar-refractivity contribution < 1.29 is 14.1 Å². The number of ether oxygens (including phenoxy) is 1. The summed E-state index contributed by atoms with van der Waals surface area (Å²) in [5, 5.41) is 4.63. The van der Waals surface area contributed by atoms with Crippen LogP contribution in [0.2, 0.25) is 0 Å². The molecular formula is C30H34N4O3. The lowest BCUT2D eigenvalue weighted by atomic mass is 9.91. The zero-order valence-electron chi connectivity index (χ0n) is 21.6. The number of hydrogen-bond donors (Lipinski definition) is 0. The number of benzene rings is 2. The van der Waals surface area contributed by atoms with Crippen LogP contribution in [0.4, 0.5) is 0 Å². The number of carbonyl (C=O) groups is 1. The predicted octanol–water partition coefficient (Wildman–Crippen LogP) is 5.45. The molecule has 0 aliphatic carbocycles. The molecular weight excluding hydrogens is 464 g/mol. The van der Waals surface area contributed by atoms with Gasteiger partial charge in [-0.1, -0.05) is 53.2 Å². The fourth-order valence-electron chi connectivity index (χ4n) is 5.11. The number of nitrogens with zero attached hydrogens (tertiary/aromatic N) is 4.